The third kappa shape index (κ3) is 4.67. The van der Waals surface area contributed by atoms with Crippen molar-refractivity contribution >= 4 is 34.4 Å². The van der Waals surface area contributed by atoms with Crippen LogP contribution in [-0.4, -0.2) is 39.8 Å². The van der Waals surface area contributed by atoms with Gasteiger partial charge in [-0.3, -0.25) is 14.5 Å². The Morgan fingerprint density at radius 1 is 0.884 bits per heavy atom. The fraction of sp³-hybridized carbons (Fsp3) is 0.194. The van der Waals surface area contributed by atoms with E-state index in [1.807, 2.05) is 73.7 Å². The van der Waals surface area contributed by atoms with Crippen LogP contribution in [0.3, 0.4) is 0 Å². The summed E-state index contributed by atoms with van der Waals surface area (Å²) in [6, 6.07) is 33.2. The number of urea groups is 1. The monoisotopic (exact) mass is 568 g/mol. The molecular formula is C36H32N4O3. The molecule has 2 aliphatic heterocycles. The second kappa shape index (κ2) is 10.9. The van der Waals surface area contributed by atoms with Crippen LogP contribution in [0.4, 0.5) is 10.5 Å². The Balaban J connectivity index is 1.21. The standard InChI is InChI=1S/C36H32N4O3/c1-23(20-21-24-12-4-2-5-13-24)37-34(41)27-17-9-11-19-30(27)40-35(42)31-22-28-26-16-8-10-18-29(26)38-32(28)33(39(31)36(40)43)25-14-6-3-7-15-25/h2-19,23,31,33,38H,20-22H2,1H3,(H,37,41)/t23-,31+,33+/m1/s1. The number of benzene rings is 4. The van der Waals surface area contributed by atoms with Crippen molar-refractivity contribution in [3.63, 3.8) is 0 Å². The van der Waals surface area contributed by atoms with Crippen molar-refractivity contribution in [3.8, 4) is 0 Å². The molecule has 0 radical (unpaired) electrons. The molecule has 0 unspecified atom stereocenters. The van der Waals surface area contributed by atoms with Gasteiger partial charge in [0, 0.05) is 29.1 Å². The molecular weight excluding hydrogens is 536 g/mol. The maximum absolute atomic E-state index is 14.3. The van der Waals surface area contributed by atoms with E-state index in [0.29, 0.717) is 17.7 Å². The summed E-state index contributed by atoms with van der Waals surface area (Å²) < 4.78 is 0. The molecule has 3 heterocycles. The first-order valence-corrected chi connectivity index (χ1v) is 14.8. The summed E-state index contributed by atoms with van der Waals surface area (Å²) in [6.07, 6.45) is 1.99. The molecule has 0 spiro atoms. The number of aromatic nitrogens is 1. The number of anilines is 1. The molecule has 1 aromatic heterocycles. The Hall–Kier alpha value is -5.17. The minimum atomic E-state index is -0.690. The molecule has 0 saturated carbocycles. The number of fused-ring (bicyclic) bond motifs is 4. The first kappa shape index (κ1) is 26.7. The Morgan fingerprint density at radius 2 is 1.56 bits per heavy atom. The topological polar surface area (TPSA) is 85.5 Å². The zero-order valence-electron chi connectivity index (χ0n) is 23.9. The van der Waals surface area contributed by atoms with Gasteiger partial charge in [-0.2, -0.15) is 0 Å². The molecule has 2 aliphatic rings. The molecule has 0 aliphatic carbocycles. The second-order valence-corrected chi connectivity index (χ2v) is 11.4. The highest BCUT2D eigenvalue weighted by molar-refractivity contribution is 6.24. The first-order valence-electron chi connectivity index (χ1n) is 14.8. The number of rotatable bonds is 7. The SMILES string of the molecule is C[C@H](CCc1ccccc1)NC(=O)c1ccccc1N1C(=O)[C@@H]2Cc3c([nH]c4ccccc34)[C@H](c3ccccc3)N2C1=O. The Bertz CT molecular complexity index is 1830. The smallest absolute Gasteiger partial charge is 0.332 e. The van der Waals surface area contributed by atoms with Crippen molar-refractivity contribution in [2.45, 2.75) is 44.3 Å². The number of amides is 4. The van der Waals surface area contributed by atoms with Gasteiger partial charge in [-0.1, -0.05) is 91.0 Å². The molecule has 7 rings (SSSR count). The minimum Gasteiger partial charge on any atom is -0.356 e. The summed E-state index contributed by atoms with van der Waals surface area (Å²) >= 11 is 0. The highest BCUT2D eigenvalue weighted by atomic mass is 16.2. The van der Waals surface area contributed by atoms with Crippen LogP contribution in [0.2, 0.25) is 0 Å². The van der Waals surface area contributed by atoms with E-state index < -0.39 is 18.1 Å². The molecule has 7 heteroatoms. The summed E-state index contributed by atoms with van der Waals surface area (Å²) in [5.74, 6) is -0.628. The lowest BCUT2D eigenvalue weighted by molar-refractivity contribution is -0.120. The molecule has 7 nitrogen and oxygen atoms in total. The summed E-state index contributed by atoms with van der Waals surface area (Å²) in [6.45, 7) is 1.97. The quantitative estimate of drug-likeness (QED) is 0.223. The second-order valence-electron chi connectivity index (χ2n) is 11.4. The van der Waals surface area contributed by atoms with E-state index in [1.165, 1.54) is 10.5 Å². The van der Waals surface area contributed by atoms with E-state index in [0.717, 1.165) is 40.6 Å². The summed E-state index contributed by atoms with van der Waals surface area (Å²) in [4.78, 5) is 48.5. The molecule has 4 aromatic carbocycles. The average Bonchev–Trinajstić information content (AvgIpc) is 3.53. The fourth-order valence-electron chi connectivity index (χ4n) is 6.54. The number of carbonyl (C=O) groups excluding carboxylic acids is 3. The lowest BCUT2D eigenvalue weighted by Crippen LogP contribution is -2.44. The highest BCUT2D eigenvalue weighted by Gasteiger charge is 2.53. The van der Waals surface area contributed by atoms with Gasteiger partial charge in [0.1, 0.15) is 12.1 Å². The number of hydrogen-bond acceptors (Lipinski definition) is 3. The molecule has 214 valence electrons. The van der Waals surface area contributed by atoms with E-state index in [1.54, 1.807) is 29.2 Å². The predicted octanol–water partition coefficient (Wildman–Crippen LogP) is 6.40. The van der Waals surface area contributed by atoms with Crippen LogP contribution in [0, 0.1) is 0 Å². The Labute approximate surface area is 250 Å². The molecule has 0 bridgehead atoms. The number of aryl methyl sites for hydroxylation is 1. The van der Waals surface area contributed by atoms with Crippen LogP contribution in [0.1, 0.15) is 52.1 Å². The lowest BCUT2D eigenvalue weighted by atomic mass is 9.89. The van der Waals surface area contributed by atoms with Crippen LogP contribution in [0.15, 0.2) is 109 Å². The number of hydrogen-bond donors (Lipinski definition) is 2. The van der Waals surface area contributed by atoms with Gasteiger partial charge < -0.3 is 10.3 Å². The number of H-pyrrole nitrogens is 1. The zero-order valence-corrected chi connectivity index (χ0v) is 23.9. The molecule has 3 atom stereocenters. The van der Waals surface area contributed by atoms with Gasteiger partial charge in [0.15, 0.2) is 0 Å². The van der Waals surface area contributed by atoms with Crippen LogP contribution in [-0.2, 0) is 17.6 Å². The largest absolute Gasteiger partial charge is 0.356 e. The van der Waals surface area contributed by atoms with Gasteiger partial charge in [0.2, 0.25) is 0 Å². The predicted molar refractivity (Wildman–Crippen MR) is 167 cm³/mol. The Morgan fingerprint density at radius 3 is 2.35 bits per heavy atom. The van der Waals surface area contributed by atoms with Gasteiger partial charge in [-0.15, -0.1) is 0 Å². The Kier molecular flexibility index (Phi) is 6.78. The maximum Gasteiger partial charge on any atom is 0.332 e. The fourth-order valence-corrected chi connectivity index (χ4v) is 6.54. The van der Waals surface area contributed by atoms with Crippen LogP contribution in [0.25, 0.3) is 10.9 Å². The van der Waals surface area contributed by atoms with E-state index in [4.69, 9.17) is 0 Å². The van der Waals surface area contributed by atoms with E-state index in [-0.39, 0.29) is 17.9 Å². The molecule has 4 amide bonds. The lowest BCUT2D eigenvalue weighted by Gasteiger charge is -2.36. The third-order valence-electron chi connectivity index (χ3n) is 8.64. The minimum absolute atomic E-state index is 0.0992. The van der Waals surface area contributed by atoms with Crippen molar-refractivity contribution in [1.29, 1.82) is 0 Å². The number of nitrogens with zero attached hydrogens (tertiary/aromatic N) is 2. The molecule has 5 aromatic rings. The van der Waals surface area contributed by atoms with Crippen molar-refractivity contribution in [3.05, 3.63) is 137 Å². The van der Waals surface area contributed by atoms with Gasteiger partial charge in [-0.05, 0) is 54.7 Å². The average molecular weight is 569 g/mol. The van der Waals surface area contributed by atoms with E-state index in [9.17, 15) is 14.4 Å². The van der Waals surface area contributed by atoms with Crippen molar-refractivity contribution in [1.82, 2.24) is 15.2 Å². The molecule has 43 heavy (non-hydrogen) atoms. The maximum atomic E-state index is 14.3. The van der Waals surface area contributed by atoms with Crippen LogP contribution >= 0.6 is 0 Å². The van der Waals surface area contributed by atoms with Gasteiger partial charge in [-0.25, -0.2) is 9.69 Å². The number of nitrogens with one attached hydrogen (secondary N) is 2. The van der Waals surface area contributed by atoms with E-state index in [2.05, 4.69) is 28.5 Å². The van der Waals surface area contributed by atoms with Gasteiger partial charge in [0.05, 0.1) is 11.3 Å². The van der Waals surface area contributed by atoms with Crippen molar-refractivity contribution < 1.29 is 14.4 Å². The highest BCUT2D eigenvalue weighted by Crippen LogP contribution is 2.45. The zero-order chi connectivity index (χ0) is 29.5. The normalized spacial score (nSPS) is 18.4. The van der Waals surface area contributed by atoms with Crippen molar-refractivity contribution in [2.24, 2.45) is 0 Å². The molecule has 1 fully saturated rings. The number of para-hydroxylation sites is 2. The first-order chi connectivity index (χ1) is 21.0. The van der Waals surface area contributed by atoms with Crippen LogP contribution < -0.4 is 10.2 Å². The van der Waals surface area contributed by atoms with Crippen LogP contribution in [0.5, 0.6) is 0 Å². The number of aromatic amines is 1. The number of imide groups is 1. The molecule has 2 N–H and O–H groups in total. The summed E-state index contributed by atoms with van der Waals surface area (Å²) in [5, 5.41) is 4.14. The van der Waals surface area contributed by atoms with Gasteiger partial charge in [0.25, 0.3) is 11.8 Å². The van der Waals surface area contributed by atoms with Crippen molar-refractivity contribution in [2.75, 3.05) is 4.90 Å². The van der Waals surface area contributed by atoms with Gasteiger partial charge >= 0.3 is 6.03 Å². The summed E-state index contributed by atoms with van der Waals surface area (Å²) in [5.41, 5.74) is 5.68. The molecule has 1 saturated heterocycles. The third-order valence-corrected chi connectivity index (χ3v) is 8.64. The number of carbonyl (C=O) groups is 3. The van der Waals surface area contributed by atoms with E-state index >= 15 is 0 Å². The summed E-state index contributed by atoms with van der Waals surface area (Å²) in [7, 11) is 0.